The fraction of sp³-hybridized carbons (Fsp3) is 0.538. The molecule has 2 bridgehead atoms. The van der Waals surface area contributed by atoms with E-state index < -0.39 is 11.7 Å². The van der Waals surface area contributed by atoms with Crippen LogP contribution in [0.1, 0.15) is 37.3 Å². The lowest BCUT2D eigenvalue weighted by atomic mass is 9.34. The third-order valence-electron chi connectivity index (χ3n) is 4.12. The van der Waals surface area contributed by atoms with Crippen molar-refractivity contribution in [1.82, 2.24) is 0 Å². The average Bonchev–Trinajstić information content (AvgIpc) is 2.10. The highest BCUT2D eigenvalue weighted by atomic mass is 19.4. The Labute approximate surface area is 92.5 Å². The number of alkyl halides is 3. The van der Waals surface area contributed by atoms with Crippen molar-refractivity contribution in [2.45, 2.75) is 37.8 Å². The van der Waals surface area contributed by atoms with Gasteiger partial charge in [-0.25, -0.2) is 0 Å². The van der Waals surface area contributed by atoms with Crippen LogP contribution in [0.3, 0.4) is 0 Å². The average molecular weight is 226 g/mol. The molecule has 0 radical (unpaired) electrons. The smallest absolute Gasteiger partial charge is 0.166 e. The fourth-order valence-corrected chi connectivity index (χ4v) is 3.61. The molecule has 1 aromatic rings. The van der Waals surface area contributed by atoms with E-state index in [1.807, 2.05) is 0 Å². The first-order valence-corrected chi connectivity index (χ1v) is 5.51. The molecule has 86 valence electrons. The topological polar surface area (TPSA) is 0 Å². The van der Waals surface area contributed by atoms with Crippen molar-refractivity contribution in [3.8, 4) is 0 Å². The summed E-state index contributed by atoms with van der Waals surface area (Å²) in [6.07, 6.45) is -0.786. The van der Waals surface area contributed by atoms with E-state index in [0.717, 1.165) is 24.8 Å². The number of benzene rings is 1. The van der Waals surface area contributed by atoms with Gasteiger partial charge in [-0.15, -0.1) is 0 Å². The highest BCUT2D eigenvalue weighted by Gasteiger charge is 2.65. The monoisotopic (exact) mass is 226 g/mol. The predicted molar refractivity (Wildman–Crippen MR) is 55.1 cm³/mol. The zero-order valence-electron chi connectivity index (χ0n) is 9.06. The first-order valence-electron chi connectivity index (χ1n) is 5.51. The normalized spacial score (nSPS) is 36.5. The van der Waals surface area contributed by atoms with Gasteiger partial charge >= 0.3 is 6.18 Å². The highest BCUT2D eigenvalue weighted by molar-refractivity contribution is 5.39. The Hall–Kier alpha value is -0.990. The minimum absolute atomic E-state index is 0.221. The van der Waals surface area contributed by atoms with Gasteiger partial charge in [0.25, 0.3) is 0 Å². The lowest BCUT2D eigenvalue weighted by molar-refractivity contribution is -0.138. The van der Waals surface area contributed by atoms with Crippen molar-refractivity contribution in [2.75, 3.05) is 0 Å². The summed E-state index contributed by atoms with van der Waals surface area (Å²) in [5.74, 6) is 0. The van der Waals surface area contributed by atoms with Gasteiger partial charge in [-0.1, -0.05) is 19.1 Å². The Bertz CT molecular complexity index is 408. The zero-order chi connectivity index (χ0) is 11.6. The molecule has 0 unspecified atom stereocenters. The summed E-state index contributed by atoms with van der Waals surface area (Å²) >= 11 is 0. The molecule has 4 rings (SSSR count). The molecule has 3 aliphatic carbocycles. The lowest BCUT2D eigenvalue weighted by Crippen LogP contribution is -2.62. The Balaban J connectivity index is 1.84. The summed E-state index contributed by atoms with van der Waals surface area (Å²) < 4.78 is 37.1. The Morgan fingerprint density at radius 1 is 1.00 bits per heavy atom. The van der Waals surface area contributed by atoms with Gasteiger partial charge < -0.3 is 0 Å². The van der Waals surface area contributed by atoms with Crippen LogP contribution in [0, 0.1) is 5.41 Å². The van der Waals surface area contributed by atoms with Crippen LogP contribution < -0.4 is 0 Å². The summed E-state index contributed by atoms with van der Waals surface area (Å²) in [5.41, 5.74) is 1.25. The van der Waals surface area contributed by atoms with Crippen molar-refractivity contribution >= 4 is 0 Å². The molecule has 1 aromatic carbocycles. The van der Waals surface area contributed by atoms with Gasteiger partial charge in [0, 0.05) is 0 Å². The Morgan fingerprint density at radius 3 is 1.88 bits per heavy atom. The molecule has 0 aliphatic heterocycles. The van der Waals surface area contributed by atoms with Crippen LogP contribution in [0.25, 0.3) is 0 Å². The molecule has 16 heavy (non-hydrogen) atoms. The molecule has 0 amide bonds. The SMILES string of the molecule is CC12CC(c3ccc(C(F)(F)F)cc3)(C1)C2. The second-order valence-electron chi connectivity index (χ2n) is 5.70. The largest absolute Gasteiger partial charge is 0.416 e. The van der Waals surface area contributed by atoms with Crippen LogP contribution in [0.5, 0.6) is 0 Å². The van der Waals surface area contributed by atoms with E-state index >= 15 is 0 Å². The predicted octanol–water partition coefficient (Wildman–Crippen LogP) is 4.15. The Morgan fingerprint density at radius 2 is 1.50 bits per heavy atom. The van der Waals surface area contributed by atoms with E-state index in [2.05, 4.69) is 6.92 Å². The highest BCUT2D eigenvalue weighted by Crippen LogP contribution is 2.73. The van der Waals surface area contributed by atoms with Crippen LogP contribution >= 0.6 is 0 Å². The molecule has 3 heteroatoms. The zero-order valence-corrected chi connectivity index (χ0v) is 9.06. The summed E-state index contributed by atoms with van der Waals surface area (Å²) in [6, 6.07) is 5.72. The number of rotatable bonds is 1. The lowest BCUT2D eigenvalue weighted by Gasteiger charge is -2.70. The van der Waals surface area contributed by atoms with E-state index in [1.165, 1.54) is 12.1 Å². The van der Waals surface area contributed by atoms with Crippen molar-refractivity contribution in [1.29, 1.82) is 0 Å². The number of hydrogen-bond donors (Lipinski definition) is 0. The van der Waals surface area contributed by atoms with Crippen LogP contribution in [0.2, 0.25) is 0 Å². The Kier molecular flexibility index (Phi) is 1.68. The molecule has 0 atom stereocenters. The molecule has 0 aromatic heterocycles. The second kappa shape index (κ2) is 2.63. The van der Waals surface area contributed by atoms with E-state index in [1.54, 1.807) is 12.1 Å². The molecule has 3 aliphatic rings. The van der Waals surface area contributed by atoms with Crippen molar-refractivity contribution < 1.29 is 13.2 Å². The standard InChI is InChI=1S/C13H13F3/c1-11-6-12(7-11,8-11)9-2-4-10(5-3-9)13(14,15)16/h2-5H,6-8H2,1H3. The van der Waals surface area contributed by atoms with Gasteiger partial charge in [-0.3, -0.25) is 0 Å². The molecule has 0 N–H and O–H groups in total. The van der Waals surface area contributed by atoms with E-state index in [9.17, 15) is 13.2 Å². The minimum Gasteiger partial charge on any atom is -0.166 e. The van der Waals surface area contributed by atoms with E-state index in [4.69, 9.17) is 0 Å². The summed E-state index contributed by atoms with van der Waals surface area (Å²) in [6.45, 7) is 2.25. The molecule has 0 nitrogen and oxygen atoms in total. The van der Waals surface area contributed by atoms with Crippen LogP contribution in [-0.4, -0.2) is 0 Å². The first-order chi connectivity index (χ1) is 7.33. The molecule has 0 saturated heterocycles. The minimum atomic E-state index is -4.22. The fourth-order valence-electron chi connectivity index (χ4n) is 3.61. The summed E-state index contributed by atoms with van der Waals surface area (Å²) in [5, 5.41) is 0. The maximum Gasteiger partial charge on any atom is 0.416 e. The summed E-state index contributed by atoms with van der Waals surface area (Å²) in [7, 11) is 0. The maximum absolute atomic E-state index is 12.4. The third kappa shape index (κ3) is 1.23. The number of halogens is 3. The van der Waals surface area contributed by atoms with E-state index in [0.29, 0.717) is 5.41 Å². The van der Waals surface area contributed by atoms with Gasteiger partial charge in [0.05, 0.1) is 5.56 Å². The van der Waals surface area contributed by atoms with Gasteiger partial charge in [-0.2, -0.15) is 13.2 Å². The first kappa shape index (κ1) is 10.2. The van der Waals surface area contributed by atoms with Gasteiger partial charge in [0.2, 0.25) is 0 Å². The molecule has 0 heterocycles. The summed E-state index contributed by atoms with van der Waals surface area (Å²) in [4.78, 5) is 0. The van der Waals surface area contributed by atoms with E-state index in [-0.39, 0.29) is 5.41 Å². The van der Waals surface area contributed by atoms with Gasteiger partial charge in [0.15, 0.2) is 0 Å². The molecule has 3 saturated carbocycles. The third-order valence-corrected chi connectivity index (χ3v) is 4.12. The molecular formula is C13H13F3. The molecule has 0 spiro atoms. The van der Waals surface area contributed by atoms with Crippen molar-refractivity contribution in [3.05, 3.63) is 35.4 Å². The maximum atomic E-state index is 12.4. The van der Waals surface area contributed by atoms with Gasteiger partial charge in [0.1, 0.15) is 0 Å². The quantitative estimate of drug-likeness (QED) is 0.674. The number of hydrogen-bond acceptors (Lipinski definition) is 0. The molecular weight excluding hydrogens is 213 g/mol. The van der Waals surface area contributed by atoms with Gasteiger partial charge in [-0.05, 0) is 47.8 Å². The molecule has 3 fully saturated rings. The van der Waals surface area contributed by atoms with Crippen molar-refractivity contribution in [3.63, 3.8) is 0 Å². The van der Waals surface area contributed by atoms with Crippen molar-refractivity contribution in [2.24, 2.45) is 5.41 Å². The van der Waals surface area contributed by atoms with Crippen LogP contribution in [-0.2, 0) is 11.6 Å². The van der Waals surface area contributed by atoms with Crippen LogP contribution in [0.15, 0.2) is 24.3 Å². The van der Waals surface area contributed by atoms with Crippen LogP contribution in [0.4, 0.5) is 13.2 Å². The second-order valence-corrected chi connectivity index (χ2v) is 5.70.